The minimum Gasteiger partial charge on any atom is -0.368 e. The number of nitrogens with one attached hydrogen (secondary N) is 2. The molecular formula is C21H27FIN5O. The quantitative estimate of drug-likeness (QED) is 0.368. The predicted molar refractivity (Wildman–Crippen MR) is 125 cm³/mol. The van der Waals surface area contributed by atoms with Crippen molar-refractivity contribution in [1.82, 2.24) is 15.5 Å². The zero-order valence-electron chi connectivity index (χ0n) is 16.5. The zero-order chi connectivity index (χ0) is 19.8. The number of aliphatic imine (C=N–C) groups is 1. The third kappa shape index (κ3) is 6.88. The van der Waals surface area contributed by atoms with Gasteiger partial charge in [-0.25, -0.2) is 4.39 Å². The van der Waals surface area contributed by atoms with Gasteiger partial charge in [0.05, 0.1) is 6.54 Å². The van der Waals surface area contributed by atoms with Crippen LogP contribution < -0.4 is 15.5 Å². The maximum atomic E-state index is 13.0. The van der Waals surface area contributed by atoms with E-state index in [9.17, 15) is 9.18 Å². The topological polar surface area (TPSA) is 60.0 Å². The molecule has 2 aromatic carbocycles. The largest absolute Gasteiger partial charge is 0.368 e. The molecule has 1 aliphatic rings. The number of nitrogens with zero attached hydrogens (tertiary/aromatic N) is 3. The number of halogens is 2. The van der Waals surface area contributed by atoms with Crippen molar-refractivity contribution < 1.29 is 9.18 Å². The molecule has 2 N–H and O–H groups in total. The Balaban J connectivity index is 0.00000300. The highest BCUT2D eigenvalue weighted by molar-refractivity contribution is 14.0. The monoisotopic (exact) mass is 511 g/mol. The standard InChI is InChI=1S/C21H26FN5O.HI/c1-23-21(24-15-17-7-9-18(22)10-8-17)25-16-20(28)27-13-11-26(12-14-27)19-5-3-2-4-6-19;/h2-10H,11-16H2,1H3,(H2,23,24,25);1H. The van der Waals surface area contributed by atoms with Crippen LogP contribution in [-0.4, -0.2) is 56.5 Å². The fourth-order valence-electron chi connectivity index (χ4n) is 3.13. The number of benzene rings is 2. The van der Waals surface area contributed by atoms with Crippen molar-refractivity contribution in [1.29, 1.82) is 0 Å². The number of carbonyl (C=O) groups excluding carboxylic acids is 1. The smallest absolute Gasteiger partial charge is 0.242 e. The molecule has 3 rings (SSSR count). The Morgan fingerprint density at radius 1 is 1.00 bits per heavy atom. The van der Waals surface area contributed by atoms with Gasteiger partial charge in [0.15, 0.2) is 5.96 Å². The Morgan fingerprint density at radius 3 is 2.28 bits per heavy atom. The Hall–Kier alpha value is -2.36. The van der Waals surface area contributed by atoms with Gasteiger partial charge >= 0.3 is 0 Å². The zero-order valence-corrected chi connectivity index (χ0v) is 18.8. The molecule has 1 fully saturated rings. The number of hydrogen-bond donors (Lipinski definition) is 2. The third-order valence-electron chi connectivity index (χ3n) is 4.76. The summed E-state index contributed by atoms with van der Waals surface area (Å²) in [5.74, 6) is 0.335. The lowest BCUT2D eigenvalue weighted by molar-refractivity contribution is -0.130. The number of hydrogen-bond acceptors (Lipinski definition) is 3. The summed E-state index contributed by atoms with van der Waals surface area (Å²) in [6.45, 7) is 3.76. The molecule has 0 unspecified atom stereocenters. The van der Waals surface area contributed by atoms with Crippen LogP contribution in [0.4, 0.5) is 10.1 Å². The molecule has 0 atom stereocenters. The molecule has 0 aliphatic carbocycles. The van der Waals surface area contributed by atoms with Crippen LogP contribution >= 0.6 is 24.0 Å². The fraction of sp³-hybridized carbons (Fsp3) is 0.333. The summed E-state index contributed by atoms with van der Waals surface area (Å²) in [6.07, 6.45) is 0. The number of para-hydroxylation sites is 1. The lowest BCUT2D eigenvalue weighted by atomic mass is 10.2. The molecule has 0 spiro atoms. The summed E-state index contributed by atoms with van der Waals surface area (Å²) in [7, 11) is 1.66. The molecule has 1 aliphatic heterocycles. The number of guanidine groups is 1. The first-order valence-corrected chi connectivity index (χ1v) is 9.42. The summed E-state index contributed by atoms with van der Waals surface area (Å²) < 4.78 is 13.0. The second-order valence-corrected chi connectivity index (χ2v) is 6.61. The number of piperazine rings is 1. The lowest BCUT2D eigenvalue weighted by Gasteiger charge is -2.36. The Labute approximate surface area is 188 Å². The molecule has 1 heterocycles. The van der Waals surface area contributed by atoms with Crippen LogP contribution in [-0.2, 0) is 11.3 Å². The van der Waals surface area contributed by atoms with Gasteiger partial charge in [0, 0.05) is 45.5 Å². The number of rotatable bonds is 5. The average molecular weight is 511 g/mol. The van der Waals surface area contributed by atoms with Crippen molar-refractivity contribution in [2.75, 3.05) is 44.7 Å². The molecule has 156 valence electrons. The average Bonchev–Trinajstić information content (AvgIpc) is 2.75. The van der Waals surface area contributed by atoms with Crippen molar-refractivity contribution >= 4 is 41.5 Å². The summed E-state index contributed by atoms with van der Waals surface area (Å²) in [6, 6.07) is 16.5. The van der Waals surface area contributed by atoms with E-state index < -0.39 is 0 Å². The third-order valence-corrected chi connectivity index (χ3v) is 4.76. The van der Waals surface area contributed by atoms with E-state index in [0.717, 1.165) is 18.7 Å². The van der Waals surface area contributed by atoms with Gasteiger partial charge in [0.2, 0.25) is 5.91 Å². The Bertz CT molecular complexity index is 792. The molecule has 0 radical (unpaired) electrons. The SMILES string of the molecule is CN=C(NCC(=O)N1CCN(c2ccccc2)CC1)NCc1ccc(F)cc1.I. The van der Waals surface area contributed by atoms with Gasteiger partial charge in [-0.1, -0.05) is 30.3 Å². The van der Waals surface area contributed by atoms with E-state index in [-0.39, 0.29) is 42.2 Å². The first kappa shape index (κ1) is 22.9. The highest BCUT2D eigenvalue weighted by Crippen LogP contribution is 2.15. The minimum atomic E-state index is -0.260. The van der Waals surface area contributed by atoms with E-state index in [2.05, 4.69) is 32.7 Å². The summed E-state index contributed by atoms with van der Waals surface area (Å²) in [5, 5.41) is 6.18. The van der Waals surface area contributed by atoms with Gasteiger partial charge in [-0.15, -0.1) is 24.0 Å². The van der Waals surface area contributed by atoms with Crippen LogP contribution in [0.5, 0.6) is 0 Å². The molecule has 0 bridgehead atoms. The van der Waals surface area contributed by atoms with Crippen LogP contribution in [0.1, 0.15) is 5.56 Å². The van der Waals surface area contributed by atoms with Crippen molar-refractivity contribution in [3.8, 4) is 0 Å². The Kier molecular flexibility index (Phi) is 9.17. The van der Waals surface area contributed by atoms with E-state index in [0.29, 0.717) is 25.6 Å². The molecular weight excluding hydrogens is 484 g/mol. The number of amides is 1. The van der Waals surface area contributed by atoms with Gasteiger partial charge < -0.3 is 20.4 Å². The summed E-state index contributed by atoms with van der Waals surface area (Å²) in [5.41, 5.74) is 2.13. The van der Waals surface area contributed by atoms with Crippen LogP contribution in [0.25, 0.3) is 0 Å². The van der Waals surface area contributed by atoms with E-state index in [4.69, 9.17) is 0 Å². The number of anilines is 1. The molecule has 6 nitrogen and oxygen atoms in total. The Morgan fingerprint density at radius 2 is 1.66 bits per heavy atom. The van der Waals surface area contributed by atoms with Gasteiger partial charge in [-0.05, 0) is 29.8 Å². The molecule has 8 heteroatoms. The molecule has 0 aromatic heterocycles. The van der Waals surface area contributed by atoms with Crippen molar-refractivity contribution in [2.24, 2.45) is 4.99 Å². The normalized spacial score (nSPS) is 14.2. The van der Waals surface area contributed by atoms with E-state index >= 15 is 0 Å². The lowest BCUT2D eigenvalue weighted by Crippen LogP contribution is -2.52. The van der Waals surface area contributed by atoms with Crippen LogP contribution in [0, 0.1) is 5.82 Å². The van der Waals surface area contributed by atoms with Crippen molar-refractivity contribution in [2.45, 2.75) is 6.54 Å². The van der Waals surface area contributed by atoms with E-state index in [1.54, 1.807) is 19.2 Å². The maximum absolute atomic E-state index is 13.0. The predicted octanol–water partition coefficient (Wildman–Crippen LogP) is 2.46. The highest BCUT2D eigenvalue weighted by atomic mass is 127. The van der Waals surface area contributed by atoms with E-state index in [1.165, 1.54) is 17.8 Å². The van der Waals surface area contributed by atoms with Crippen molar-refractivity contribution in [3.63, 3.8) is 0 Å². The maximum Gasteiger partial charge on any atom is 0.242 e. The molecule has 0 saturated carbocycles. The molecule has 29 heavy (non-hydrogen) atoms. The van der Waals surface area contributed by atoms with Gasteiger partial charge in [0.1, 0.15) is 5.82 Å². The summed E-state index contributed by atoms with van der Waals surface area (Å²) in [4.78, 5) is 20.8. The second-order valence-electron chi connectivity index (χ2n) is 6.61. The fourth-order valence-corrected chi connectivity index (χ4v) is 3.13. The molecule has 1 saturated heterocycles. The second kappa shape index (κ2) is 11.6. The van der Waals surface area contributed by atoms with Gasteiger partial charge in [0.25, 0.3) is 0 Å². The van der Waals surface area contributed by atoms with Crippen LogP contribution in [0.15, 0.2) is 59.6 Å². The van der Waals surface area contributed by atoms with Crippen LogP contribution in [0.2, 0.25) is 0 Å². The van der Waals surface area contributed by atoms with Crippen LogP contribution in [0.3, 0.4) is 0 Å². The van der Waals surface area contributed by atoms with Gasteiger partial charge in [-0.2, -0.15) is 0 Å². The first-order chi connectivity index (χ1) is 13.7. The van der Waals surface area contributed by atoms with Gasteiger partial charge in [-0.3, -0.25) is 9.79 Å². The minimum absolute atomic E-state index is 0. The summed E-state index contributed by atoms with van der Waals surface area (Å²) >= 11 is 0. The number of carbonyl (C=O) groups is 1. The highest BCUT2D eigenvalue weighted by Gasteiger charge is 2.21. The molecule has 1 amide bonds. The van der Waals surface area contributed by atoms with E-state index in [1.807, 2.05) is 23.1 Å². The molecule has 2 aromatic rings. The van der Waals surface area contributed by atoms with Crippen molar-refractivity contribution in [3.05, 3.63) is 66.0 Å². The first-order valence-electron chi connectivity index (χ1n) is 9.42.